The lowest BCUT2D eigenvalue weighted by molar-refractivity contribution is -0.106. The number of nitrogens with zero attached hydrogens (tertiary/aromatic N) is 3. The largest absolute Gasteiger partial charge is 0.454 e. The van der Waals surface area contributed by atoms with Crippen LogP contribution in [0.2, 0.25) is 0 Å². The standard InChI is InChI=1S/C15H19N3O2.CH3NO/c1-4-6-7-12(5-2)20-13-8-16-14(17-9-13)18-10-15(3,19)11-18;2-1-3/h4-9,19H,2,10-11H2,1,3H3;1H,(H2,2,3)/b6-4-,12-7+;. The van der Waals surface area contributed by atoms with Crippen molar-refractivity contribution in [3.05, 3.63) is 49.0 Å². The molecule has 1 amide bonds. The van der Waals surface area contributed by atoms with E-state index in [4.69, 9.17) is 9.53 Å². The third-order valence-corrected chi connectivity index (χ3v) is 2.85. The Morgan fingerprint density at radius 1 is 1.48 bits per heavy atom. The molecule has 124 valence electrons. The van der Waals surface area contributed by atoms with Gasteiger partial charge in [-0.25, -0.2) is 9.97 Å². The minimum Gasteiger partial charge on any atom is -0.454 e. The zero-order chi connectivity index (χ0) is 17.3. The predicted molar refractivity (Wildman–Crippen MR) is 88.8 cm³/mol. The fourth-order valence-electron chi connectivity index (χ4n) is 1.91. The average Bonchev–Trinajstić information content (AvgIpc) is 2.50. The number of nitrogens with two attached hydrogens (primary N) is 1. The minimum absolute atomic E-state index is 0.250. The lowest BCUT2D eigenvalue weighted by atomic mass is 9.98. The van der Waals surface area contributed by atoms with Crippen molar-refractivity contribution in [1.29, 1.82) is 0 Å². The van der Waals surface area contributed by atoms with Gasteiger partial charge in [-0.2, -0.15) is 0 Å². The summed E-state index contributed by atoms with van der Waals surface area (Å²) < 4.78 is 5.59. The van der Waals surface area contributed by atoms with Crippen LogP contribution < -0.4 is 15.4 Å². The van der Waals surface area contributed by atoms with Crippen LogP contribution in [-0.4, -0.2) is 40.2 Å². The summed E-state index contributed by atoms with van der Waals surface area (Å²) in [5.74, 6) is 1.78. The number of carbonyl (C=O) groups is 1. The van der Waals surface area contributed by atoms with E-state index in [1.165, 1.54) is 0 Å². The number of carbonyl (C=O) groups excluding carboxylic acids is 1. The third kappa shape index (κ3) is 5.91. The molecular weight excluding hydrogens is 296 g/mol. The van der Waals surface area contributed by atoms with E-state index < -0.39 is 5.60 Å². The zero-order valence-electron chi connectivity index (χ0n) is 13.3. The molecule has 1 fully saturated rings. The quantitative estimate of drug-likeness (QED) is 0.480. The van der Waals surface area contributed by atoms with Crippen molar-refractivity contribution in [1.82, 2.24) is 9.97 Å². The first-order chi connectivity index (χ1) is 11.0. The molecule has 0 radical (unpaired) electrons. The second-order valence-electron chi connectivity index (χ2n) is 5.11. The second-order valence-corrected chi connectivity index (χ2v) is 5.11. The number of aliphatic hydroxyl groups is 1. The molecule has 1 saturated heterocycles. The normalized spacial score (nSPS) is 16.1. The molecule has 1 aromatic rings. The lowest BCUT2D eigenvalue weighted by Gasteiger charge is -2.44. The first-order valence-electron chi connectivity index (χ1n) is 7.03. The molecule has 1 aliphatic rings. The highest BCUT2D eigenvalue weighted by molar-refractivity contribution is 5.42. The molecule has 0 unspecified atom stereocenters. The van der Waals surface area contributed by atoms with E-state index in [0.29, 0.717) is 30.5 Å². The lowest BCUT2D eigenvalue weighted by Crippen LogP contribution is -2.60. The van der Waals surface area contributed by atoms with Crippen molar-refractivity contribution in [3.8, 4) is 5.75 Å². The van der Waals surface area contributed by atoms with Crippen LogP contribution in [0.25, 0.3) is 0 Å². The molecule has 7 heteroatoms. The van der Waals surface area contributed by atoms with Gasteiger partial charge in [0.15, 0.2) is 5.75 Å². The molecule has 0 spiro atoms. The number of primary amides is 1. The number of amides is 1. The predicted octanol–water partition coefficient (Wildman–Crippen LogP) is 1.17. The number of hydrogen-bond donors (Lipinski definition) is 2. The van der Waals surface area contributed by atoms with Gasteiger partial charge in [0, 0.05) is 0 Å². The number of β-amino-alcohol motifs (C(OH)–C–C–N with tert-alkyl or cyclic N) is 1. The first-order valence-corrected chi connectivity index (χ1v) is 7.03. The molecule has 0 saturated carbocycles. The average molecular weight is 318 g/mol. The molecule has 1 aliphatic heterocycles. The summed E-state index contributed by atoms with van der Waals surface area (Å²) >= 11 is 0. The summed E-state index contributed by atoms with van der Waals surface area (Å²) in [5.41, 5.74) is 3.53. The molecule has 0 bridgehead atoms. The molecule has 0 aromatic carbocycles. The smallest absolute Gasteiger partial charge is 0.225 e. The fourth-order valence-corrected chi connectivity index (χ4v) is 1.91. The van der Waals surface area contributed by atoms with Gasteiger partial charge >= 0.3 is 0 Å². The number of ether oxygens (including phenoxy) is 1. The Morgan fingerprint density at radius 3 is 2.48 bits per heavy atom. The summed E-state index contributed by atoms with van der Waals surface area (Å²) in [4.78, 5) is 19.0. The number of allylic oxidation sites excluding steroid dienone is 4. The van der Waals surface area contributed by atoms with Crippen LogP contribution in [0.5, 0.6) is 5.75 Å². The van der Waals surface area contributed by atoms with Gasteiger partial charge in [-0.05, 0) is 26.0 Å². The molecule has 3 N–H and O–H groups in total. The Morgan fingerprint density at radius 2 is 2.04 bits per heavy atom. The number of hydrogen-bond acceptors (Lipinski definition) is 6. The Kier molecular flexibility index (Phi) is 6.95. The van der Waals surface area contributed by atoms with E-state index in [0.717, 1.165) is 0 Å². The topological polar surface area (TPSA) is 102 Å². The van der Waals surface area contributed by atoms with Crippen molar-refractivity contribution in [2.45, 2.75) is 19.4 Å². The van der Waals surface area contributed by atoms with Gasteiger partial charge < -0.3 is 20.5 Å². The molecule has 23 heavy (non-hydrogen) atoms. The van der Waals surface area contributed by atoms with Gasteiger partial charge in [-0.3, -0.25) is 4.79 Å². The molecule has 0 atom stereocenters. The van der Waals surface area contributed by atoms with Crippen molar-refractivity contribution in [2.75, 3.05) is 18.0 Å². The van der Waals surface area contributed by atoms with Gasteiger partial charge in [0.1, 0.15) is 5.76 Å². The van der Waals surface area contributed by atoms with Crippen molar-refractivity contribution in [3.63, 3.8) is 0 Å². The monoisotopic (exact) mass is 318 g/mol. The van der Waals surface area contributed by atoms with Gasteiger partial charge in [0.2, 0.25) is 12.4 Å². The second kappa shape index (κ2) is 8.70. The third-order valence-electron chi connectivity index (χ3n) is 2.85. The van der Waals surface area contributed by atoms with E-state index in [1.807, 2.05) is 30.1 Å². The highest BCUT2D eigenvalue weighted by Crippen LogP contribution is 2.24. The van der Waals surface area contributed by atoms with Crippen LogP contribution in [0, 0.1) is 0 Å². The summed E-state index contributed by atoms with van der Waals surface area (Å²) in [6, 6.07) is 0. The summed E-state index contributed by atoms with van der Waals surface area (Å²) in [6.45, 7) is 8.51. The van der Waals surface area contributed by atoms with E-state index in [1.54, 1.807) is 25.4 Å². The minimum atomic E-state index is -0.635. The highest BCUT2D eigenvalue weighted by atomic mass is 16.5. The number of rotatable bonds is 5. The van der Waals surface area contributed by atoms with Crippen LogP contribution >= 0.6 is 0 Å². The van der Waals surface area contributed by atoms with Gasteiger partial charge in [0.05, 0.1) is 31.1 Å². The van der Waals surface area contributed by atoms with Crippen LogP contribution in [0.3, 0.4) is 0 Å². The maximum atomic E-state index is 9.69. The Bertz CT molecular complexity index is 571. The molecular formula is C16H22N4O3. The molecule has 1 aromatic heterocycles. The Balaban J connectivity index is 0.000000816. The van der Waals surface area contributed by atoms with Gasteiger partial charge in [-0.15, -0.1) is 0 Å². The van der Waals surface area contributed by atoms with Crippen LogP contribution in [0.15, 0.2) is 49.0 Å². The van der Waals surface area contributed by atoms with Crippen LogP contribution in [0.1, 0.15) is 13.8 Å². The molecule has 0 aliphatic carbocycles. The SMILES string of the molecule is C=C/C(=C\C=C/C)Oc1cnc(N2CC(C)(O)C2)nc1.NC=O. The molecule has 2 rings (SSSR count). The first kappa shape index (κ1) is 18.4. The summed E-state index contributed by atoms with van der Waals surface area (Å²) in [6.07, 6.45) is 10.7. The summed E-state index contributed by atoms with van der Waals surface area (Å²) in [5, 5.41) is 9.69. The van der Waals surface area contributed by atoms with Gasteiger partial charge in [-0.1, -0.05) is 18.7 Å². The summed E-state index contributed by atoms with van der Waals surface area (Å²) in [7, 11) is 0. The fraction of sp³-hybridized carbons (Fsp3) is 0.312. The number of anilines is 1. The maximum absolute atomic E-state index is 9.69. The van der Waals surface area contributed by atoms with Crippen molar-refractivity contribution < 1.29 is 14.6 Å². The zero-order valence-corrected chi connectivity index (χ0v) is 13.3. The molecule has 7 nitrogen and oxygen atoms in total. The van der Waals surface area contributed by atoms with Crippen LogP contribution in [-0.2, 0) is 4.79 Å². The molecule has 2 heterocycles. The van der Waals surface area contributed by atoms with E-state index in [9.17, 15) is 5.11 Å². The van der Waals surface area contributed by atoms with Gasteiger partial charge in [0.25, 0.3) is 0 Å². The Labute approximate surface area is 135 Å². The van der Waals surface area contributed by atoms with E-state index >= 15 is 0 Å². The Hall–Kier alpha value is -2.67. The van der Waals surface area contributed by atoms with Crippen LogP contribution in [0.4, 0.5) is 5.95 Å². The highest BCUT2D eigenvalue weighted by Gasteiger charge is 2.37. The maximum Gasteiger partial charge on any atom is 0.225 e. The van der Waals surface area contributed by atoms with E-state index in [-0.39, 0.29) is 6.41 Å². The van der Waals surface area contributed by atoms with E-state index in [2.05, 4.69) is 22.3 Å². The number of aromatic nitrogens is 2. The van der Waals surface area contributed by atoms with Crippen molar-refractivity contribution >= 4 is 12.4 Å². The van der Waals surface area contributed by atoms with Crippen molar-refractivity contribution in [2.24, 2.45) is 5.73 Å².